The average molecular weight is 375 g/mol. The van der Waals surface area contributed by atoms with Crippen molar-refractivity contribution in [1.82, 2.24) is 10.2 Å². The van der Waals surface area contributed by atoms with Crippen molar-refractivity contribution in [3.63, 3.8) is 0 Å². The Morgan fingerprint density at radius 2 is 2.11 bits per heavy atom. The van der Waals surface area contributed by atoms with E-state index in [9.17, 15) is 10.2 Å². The molecule has 0 saturated heterocycles. The normalized spacial score (nSPS) is 31.3. The smallest absolute Gasteiger partial charge is 0.0755 e. The Bertz CT molecular complexity index is 573. The number of nitrogens with zero attached hydrogens (tertiary/aromatic N) is 1. The topological polar surface area (TPSA) is 55.7 Å². The van der Waals surface area contributed by atoms with Gasteiger partial charge in [0, 0.05) is 32.0 Å². The summed E-state index contributed by atoms with van der Waals surface area (Å²) in [7, 11) is 4.18. The second-order valence-corrected chi connectivity index (χ2v) is 8.57. The van der Waals surface area contributed by atoms with Gasteiger partial charge in [-0.3, -0.25) is 0 Å². The first kappa shape index (κ1) is 22.2. The van der Waals surface area contributed by atoms with Gasteiger partial charge in [0.2, 0.25) is 0 Å². The summed E-state index contributed by atoms with van der Waals surface area (Å²) in [6.45, 7) is 6.84. The fourth-order valence-electron chi connectivity index (χ4n) is 4.38. The zero-order valence-corrected chi connectivity index (χ0v) is 17.5. The molecule has 0 aromatic heterocycles. The zero-order valence-electron chi connectivity index (χ0n) is 17.5. The van der Waals surface area contributed by atoms with Crippen LogP contribution in [0.1, 0.15) is 39.5 Å². The van der Waals surface area contributed by atoms with Gasteiger partial charge >= 0.3 is 0 Å². The Balaban J connectivity index is 1.85. The molecule has 4 heteroatoms. The lowest BCUT2D eigenvalue weighted by Crippen LogP contribution is -2.26. The van der Waals surface area contributed by atoms with Crippen LogP contribution in [-0.4, -0.2) is 61.1 Å². The maximum absolute atomic E-state index is 10.5. The summed E-state index contributed by atoms with van der Waals surface area (Å²) in [6, 6.07) is 0. The molecule has 0 aromatic carbocycles. The van der Waals surface area contributed by atoms with E-state index in [-0.39, 0.29) is 17.9 Å². The molecular formula is C23H38N2O2. The Morgan fingerprint density at radius 1 is 1.33 bits per heavy atom. The Morgan fingerprint density at radius 3 is 2.81 bits per heavy atom. The number of aliphatic hydroxyl groups excluding tert-OH is 2. The standard InChI is InChI=1S/C23H38N2O2/c1-5-6-7-17(2)22(26)9-8-20-21-15-18(14-19(21)16-23(20)27)10-11-24-12-13-25(3)4/h8-10,17,19-24,26-27H,7,11-16H2,1-4H3/t17-,19-,20+,21-,22+,23+/m0/s1. The number of allylic oxidation sites excluding steroid dienone is 1. The van der Waals surface area contributed by atoms with Gasteiger partial charge in [-0.1, -0.05) is 30.7 Å². The van der Waals surface area contributed by atoms with E-state index in [1.807, 2.05) is 19.9 Å². The molecule has 2 rings (SSSR count). The second-order valence-electron chi connectivity index (χ2n) is 8.57. The molecule has 2 aliphatic rings. The van der Waals surface area contributed by atoms with Crippen LogP contribution in [0.3, 0.4) is 0 Å². The molecule has 0 bridgehead atoms. The van der Waals surface area contributed by atoms with E-state index in [4.69, 9.17) is 0 Å². The van der Waals surface area contributed by atoms with Gasteiger partial charge in [-0.25, -0.2) is 0 Å². The largest absolute Gasteiger partial charge is 0.392 e. The Hall–Kier alpha value is -1.12. The van der Waals surface area contributed by atoms with Gasteiger partial charge in [0.1, 0.15) is 0 Å². The predicted molar refractivity (Wildman–Crippen MR) is 112 cm³/mol. The lowest BCUT2D eigenvalue weighted by atomic mass is 9.89. The van der Waals surface area contributed by atoms with Crippen LogP contribution in [0.25, 0.3) is 0 Å². The lowest BCUT2D eigenvalue weighted by Gasteiger charge is -2.19. The molecule has 2 saturated carbocycles. The molecule has 2 fully saturated rings. The van der Waals surface area contributed by atoms with Crippen LogP contribution >= 0.6 is 0 Å². The number of rotatable bonds is 9. The van der Waals surface area contributed by atoms with Crippen LogP contribution in [0.2, 0.25) is 0 Å². The predicted octanol–water partition coefficient (Wildman–Crippen LogP) is 2.44. The number of fused-ring (bicyclic) bond motifs is 1. The number of hydrogen-bond donors (Lipinski definition) is 3. The fraction of sp³-hybridized carbons (Fsp3) is 0.739. The molecular weight excluding hydrogens is 336 g/mol. The van der Waals surface area contributed by atoms with Crippen molar-refractivity contribution in [1.29, 1.82) is 0 Å². The highest BCUT2D eigenvalue weighted by atomic mass is 16.3. The van der Waals surface area contributed by atoms with Crippen molar-refractivity contribution < 1.29 is 10.2 Å². The minimum absolute atomic E-state index is 0.121. The molecule has 0 heterocycles. The Kier molecular flexibility index (Phi) is 9.05. The van der Waals surface area contributed by atoms with Crippen molar-refractivity contribution in [2.24, 2.45) is 23.7 Å². The third-order valence-corrected chi connectivity index (χ3v) is 6.10. The van der Waals surface area contributed by atoms with E-state index in [2.05, 4.69) is 48.3 Å². The van der Waals surface area contributed by atoms with E-state index >= 15 is 0 Å². The molecule has 0 spiro atoms. The molecule has 0 unspecified atom stereocenters. The summed E-state index contributed by atoms with van der Waals surface area (Å²) in [6.07, 6.45) is 9.35. The van der Waals surface area contributed by atoms with Gasteiger partial charge in [0.15, 0.2) is 0 Å². The lowest BCUT2D eigenvalue weighted by molar-refractivity contribution is 0.137. The van der Waals surface area contributed by atoms with Crippen molar-refractivity contribution in [3.05, 3.63) is 23.8 Å². The zero-order chi connectivity index (χ0) is 19.8. The van der Waals surface area contributed by atoms with Gasteiger partial charge in [0.05, 0.1) is 12.2 Å². The molecule has 3 N–H and O–H groups in total. The summed E-state index contributed by atoms with van der Waals surface area (Å²) >= 11 is 0. The maximum Gasteiger partial charge on any atom is 0.0755 e. The monoisotopic (exact) mass is 374 g/mol. The summed E-state index contributed by atoms with van der Waals surface area (Å²) in [4.78, 5) is 2.18. The van der Waals surface area contributed by atoms with Crippen LogP contribution in [0.5, 0.6) is 0 Å². The number of aliphatic hydroxyl groups is 2. The van der Waals surface area contributed by atoms with Gasteiger partial charge in [-0.05, 0) is 58.0 Å². The molecule has 152 valence electrons. The second kappa shape index (κ2) is 11.0. The minimum atomic E-state index is -0.491. The first-order valence-electron chi connectivity index (χ1n) is 10.4. The first-order valence-corrected chi connectivity index (χ1v) is 10.4. The third kappa shape index (κ3) is 6.76. The Labute approximate surface area is 165 Å². The summed E-state index contributed by atoms with van der Waals surface area (Å²) in [5.41, 5.74) is 1.53. The fourth-order valence-corrected chi connectivity index (χ4v) is 4.38. The SMILES string of the molecule is CC#CC[C@H](C)[C@H](O)C=C[C@@H]1[C@H]2CC(=CCNCCN(C)C)C[C@H]2C[C@H]1O. The van der Waals surface area contributed by atoms with Crippen LogP contribution < -0.4 is 5.32 Å². The van der Waals surface area contributed by atoms with Crippen molar-refractivity contribution in [3.8, 4) is 11.8 Å². The quantitative estimate of drug-likeness (QED) is 0.330. The molecule has 27 heavy (non-hydrogen) atoms. The summed E-state index contributed by atoms with van der Waals surface area (Å²) in [5.74, 6) is 7.31. The highest BCUT2D eigenvalue weighted by Crippen LogP contribution is 2.50. The number of hydrogen-bond acceptors (Lipinski definition) is 4. The average Bonchev–Trinajstić information content (AvgIpc) is 3.13. The molecule has 0 amide bonds. The highest BCUT2D eigenvalue weighted by molar-refractivity contribution is 5.18. The van der Waals surface area contributed by atoms with Gasteiger partial charge < -0.3 is 20.4 Å². The summed E-state index contributed by atoms with van der Waals surface area (Å²) in [5, 5.41) is 24.3. The van der Waals surface area contributed by atoms with E-state index in [0.29, 0.717) is 18.3 Å². The van der Waals surface area contributed by atoms with Crippen LogP contribution in [0.4, 0.5) is 0 Å². The van der Waals surface area contributed by atoms with Crippen molar-refractivity contribution in [2.75, 3.05) is 33.7 Å². The van der Waals surface area contributed by atoms with E-state index in [1.54, 1.807) is 0 Å². The van der Waals surface area contributed by atoms with E-state index < -0.39 is 6.10 Å². The van der Waals surface area contributed by atoms with Crippen LogP contribution in [0, 0.1) is 35.5 Å². The van der Waals surface area contributed by atoms with Crippen molar-refractivity contribution >= 4 is 0 Å². The van der Waals surface area contributed by atoms with Gasteiger partial charge in [0.25, 0.3) is 0 Å². The minimum Gasteiger partial charge on any atom is -0.392 e. The van der Waals surface area contributed by atoms with Crippen LogP contribution in [-0.2, 0) is 0 Å². The third-order valence-electron chi connectivity index (χ3n) is 6.10. The van der Waals surface area contributed by atoms with E-state index in [0.717, 1.165) is 38.9 Å². The molecule has 4 nitrogen and oxygen atoms in total. The van der Waals surface area contributed by atoms with Gasteiger partial charge in [-0.15, -0.1) is 11.8 Å². The first-order chi connectivity index (χ1) is 12.9. The molecule has 0 aliphatic heterocycles. The maximum atomic E-state index is 10.5. The van der Waals surface area contributed by atoms with E-state index in [1.165, 1.54) is 5.57 Å². The molecule has 0 radical (unpaired) electrons. The van der Waals surface area contributed by atoms with Crippen LogP contribution in [0.15, 0.2) is 23.8 Å². The molecule has 2 aliphatic carbocycles. The molecule has 6 atom stereocenters. The van der Waals surface area contributed by atoms with Gasteiger partial charge in [-0.2, -0.15) is 0 Å². The number of likely N-dealkylation sites (N-methyl/N-ethyl adjacent to an activating group) is 1. The summed E-state index contributed by atoms with van der Waals surface area (Å²) < 4.78 is 0. The number of nitrogens with one attached hydrogen (secondary N) is 1. The molecule has 0 aromatic rings. The van der Waals surface area contributed by atoms with Crippen molar-refractivity contribution in [2.45, 2.75) is 51.7 Å². The highest BCUT2D eigenvalue weighted by Gasteiger charge is 2.44.